The minimum atomic E-state index is 0.641. The summed E-state index contributed by atoms with van der Waals surface area (Å²) < 4.78 is 1.66. The van der Waals surface area contributed by atoms with Gasteiger partial charge in [-0.05, 0) is 12.1 Å². The fraction of sp³-hybridized carbons (Fsp3) is 0. The molecule has 0 N–H and O–H groups in total. The van der Waals surface area contributed by atoms with Gasteiger partial charge in [-0.25, -0.2) is 4.68 Å². The number of hydrogen-bond donors (Lipinski definition) is 0. The van der Waals surface area contributed by atoms with E-state index >= 15 is 0 Å². The van der Waals surface area contributed by atoms with Gasteiger partial charge in [-0.2, -0.15) is 0 Å². The third-order valence-corrected chi connectivity index (χ3v) is 2.78. The highest BCUT2D eigenvalue weighted by molar-refractivity contribution is 5.77. The van der Waals surface area contributed by atoms with Crippen LogP contribution in [-0.2, 0) is 0 Å². The topological polar surface area (TPSA) is 60.7 Å². The molecule has 0 radical (unpaired) electrons. The molecule has 0 spiro atoms. The Balaban J connectivity index is 2.12. The summed E-state index contributed by atoms with van der Waals surface area (Å²) >= 11 is 0. The number of nitrogens with zero attached hydrogens (tertiary/aromatic N) is 4. The van der Waals surface area contributed by atoms with Gasteiger partial charge in [0.25, 0.3) is 0 Å². The van der Waals surface area contributed by atoms with Gasteiger partial charge < -0.3 is 0 Å². The van der Waals surface area contributed by atoms with Gasteiger partial charge in [0, 0.05) is 17.3 Å². The molecule has 0 amide bonds. The minimum Gasteiger partial charge on any atom is -0.298 e. The number of aldehydes is 1. The first-order valence-corrected chi connectivity index (χ1v) is 5.76. The summed E-state index contributed by atoms with van der Waals surface area (Å²) in [6.07, 6.45) is 5.93. The Morgan fingerprint density at radius 3 is 2.58 bits per heavy atom. The number of benzene rings is 1. The van der Waals surface area contributed by atoms with E-state index in [9.17, 15) is 4.79 Å². The van der Waals surface area contributed by atoms with Crippen LogP contribution in [0.25, 0.3) is 16.9 Å². The molecule has 1 aromatic carbocycles. The molecule has 2 heterocycles. The smallest absolute Gasteiger partial charge is 0.150 e. The van der Waals surface area contributed by atoms with Crippen molar-refractivity contribution in [3.63, 3.8) is 0 Å². The number of carbonyl (C=O) groups excluding carboxylic acids is 1. The van der Waals surface area contributed by atoms with Gasteiger partial charge in [0.1, 0.15) is 6.29 Å². The van der Waals surface area contributed by atoms with Gasteiger partial charge in [-0.1, -0.05) is 29.5 Å². The van der Waals surface area contributed by atoms with E-state index in [4.69, 9.17) is 0 Å². The molecule has 5 nitrogen and oxygen atoms in total. The van der Waals surface area contributed by atoms with Crippen molar-refractivity contribution < 1.29 is 4.79 Å². The maximum atomic E-state index is 10.7. The number of aromatic nitrogens is 4. The Morgan fingerprint density at radius 1 is 1.05 bits per heavy atom. The third-order valence-electron chi connectivity index (χ3n) is 2.78. The van der Waals surface area contributed by atoms with Crippen molar-refractivity contribution in [3.05, 3.63) is 60.6 Å². The Bertz CT molecular complexity index is 690. The number of rotatable bonds is 3. The van der Waals surface area contributed by atoms with Crippen LogP contribution >= 0.6 is 0 Å². The summed E-state index contributed by atoms with van der Waals surface area (Å²) in [5.41, 5.74) is 3.21. The molecule has 0 atom stereocenters. The normalized spacial score (nSPS) is 10.3. The fourth-order valence-corrected chi connectivity index (χ4v) is 1.86. The first-order valence-electron chi connectivity index (χ1n) is 5.76. The summed E-state index contributed by atoms with van der Waals surface area (Å²) in [6.45, 7) is 0. The zero-order chi connectivity index (χ0) is 13.1. The van der Waals surface area contributed by atoms with Crippen LogP contribution in [0.1, 0.15) is 10.4 Å². The molecule has 5 heteroatoms. The van der Waals surface area contributed by atoms with Gasteiger partial charge in [0.15, 0.2) is 0 Å². The Hall–Kier alpha value is -2.82. The van der Waals surface area contributed by atoms with Crippen molar-refractivity contribution in [3.8, 4) is 16.9 Å². The van der Waals surface area contributed by atoms with Crippen molar-refractivity contribution in [2.24, 2.45) is 0 Å². The number of pyridine rings is 1. The van der Waals surface area contributed by atoms with Crippen LogP contribution < -0.4 is 0 Å². The fourth-order valence-electron chi connectivity index (χ4n) is 1.86. The molecule has 0 aliphatic rings. The van der Waals surface area contributed by atoms with Crippen LogP contribution in [0.15, 0.2) is 55.0 Å². The molecule has 0 aliphatic heterocycles. The molecule has 0 saturated carbocycles. The molecular weight excluding hydrogens is 240 g/mol. The van der Waals surface area contributed by atoms with E-state index in [0.29, 0.717) is 5.56 Å². The van der Waals surface area contributed by atoms with E-state index in [1.165, 1.54) is 0 Å². The Labute approximate surface area is 109 Å². The maximum Gasteiger partial charge on any atom is 0.150 e. The van der Waals surface area contributed by atoms with E-state index in [0.717, 1.165) is 23.2 Å². The van der Waals surface area contributed by atoms with Crippen LogP contribution in [0.5, 0.6) is 0 Å². The molecule has 0 unspecified atom stereocenters. The lowest BCUT2D eigenvalue weighted by molar-refractivity contribution is 0.112. The molecule has 3 rings (SSSR count). The molecule has 0 saturated heterocycles. The number of carbonyl (C=O) groups is 1. The van der Waals surface area contributed by atoms with Gasteiger partial charge in [0.05, 0.1) is 23.8 Å². The molecule has 0 aliphatic carbocycles. The third kappa shape index (κ3) is 2.13. The average Bonchev–Trinajstić information content (AvgIpc) is 3.01. The second-order valence-electron chi connectivity index (χ2n) is 3.96. The van der Waals surface area contributed by atoms with Crippen LogP contribution in [0.2, 0.25) is 0 Å². The van der Waals surface area contributed by atoms with E-state index in [1.54, 1.807) is 35.4 Å². The monoisotopic (exact) mass is 250 g/mol. The summed E-state index contributed by atoms with van der Waals surface area (Å²) in [5, 5.41) is 7.78. The molecule has 3 aromatic rings. The highest BCUT2D eigenvalue weighted by Gasteiger charge is 2.08. The SMILES string of the molecule is O=Cc1ccc(-c2ncccc2-n2ccnn2)cc1. The highest BCUT2D eigenvalue weighted by atomic mass is 16.1. The van der Waals surface area contributed by atoms with Crippen molar-refractivity contribution in [1.82, 2.24) is 20.0 Å². The maximum absolute atomic E-state index is 10.7. The lowest BCUT2D eigenvalue weighted by Gasteiger charge is -2.07. The molecule has 0 bridgehead atoms. The first kappa shape index (κ1) is 11.3. The highest BCUT2D eigenvalue weighted by Crippen LogP contribution is 2.23. The minimum absolute atomic E-state index is 0.641. The standard InChI is InChI=1S/C14H10N4O/c19-10-11-3-5-12(6-4-11)14-13(2-1-7-15-14)18-9-8-16-17-18/h1-10H. The van der Waals surface area contributed by atoms with Crippen LogP contribution in [0.4, 0.5) is 0 Å². The van der Waals surface area contributed by atoms with E-state index < -0.39 is 0 Å². The molecule has 0 fully saturated rings. The van der Waals surface area contributed by atoms with Gasteiger partial charge >= 0.3 is 0 Å². The van der Waals surface area contributed by atoms with Crippen molar-refractivity contribution >= 4 is 6.29 Å². The summed E-state index contributed by atoms with van der Waals surface area (Å²) in [4.78, 5) is 15.1. The first-order chi connectivity index (χ1) is 9.38. The molecular formula is C14H10N4O. The van der Waals surface area contributed by atoms with Gasteiger partial charge in [-0.15, -0.1) is 5.10 Å². The van der Waals surface area contributed by atoms with Gasteiger partial charge in [0.2, 0.25) is 0 Å². The zero-order valence-electron chi connectivity index (χ0n) is 9.97. The second kappa shape index (κ2) is 4.81. The lowest BCUT2D eigenvalue weighted by Crippen LogP contribution is -1.99. The average molecular weight is 250 g/mol. The van der Waals surface area contributed by atoms with E-state index in [2.05, 4.69) is 15.3 Å². The Kier molecular flexibility index (Phi) is 2.86. The van der Waals surface area contributed by atoms with Crippen LogP contribution in [0.3, 0.4) is 0 Å². The van der Waals surface area contributed by atoms with E-state index in [-0.39, 0.29) is 0 Å². The largest absolute Gasteiger partial charge is 0.298 e. The second-order valence-corrected chi connectivity index (χ2v) is 3.96. The molecule has 2 aromatic heterocycles. The molecule has 19 heavy (non-hydrogen) atoms. The van der Waals surface area contributed by atoms with Crippen molar-refractivity contribution in [2.45, 2.75) is 0 Å². The Morgan fingerprint density at radius 2 is 1.89 bits per heavy atom. The number of hydrogen-bond acceptors (Lipinski definition) is 4. The zero-order valence-corrected chi connectivity index (χ0v) is 9.97. The summed E-state index contributed by atoms with van der Waals surface area (Å²) in [5.74, 6) is 0. The summed E-state index contributed by atoms with van der Waals surface area (Å²) in [6, 6.07) is 11.0. The van der Waals surface area contributed by atoms with Crippen molar-refractivity contribution in [1.29, 1.82) is 0 Å². The predicted molar refractivity (Wildman–Crippen MR) is 70.0 cm³/mol. The predicted octanol–water partition coefficient (Wildman–Crippen LogP) is 2.14. The van der Waals surface area contributed by atoms with Crippen LogP contribution in [0, 0.1) is 0 Å². The van der Waals surface area contributed by atoms with Crippen LogP contribution in [-0.4, -0.2) is 26.3 Å². The summed E-state index contributed by atoms with van der Waals surface area (Å²) in [7, 11) is 0. The quantitative estimate of drug-likeness (QED) is 0.668. The lowest BCUT2D eigenvalue weighted by atomic mass is 10.1. The van der Waals surface area contributed by atoms with Gasteiger partial charge in [-0.3, -0.25) is 9.78 Å². The molecule has 92 valence electrons. The van der Waals surface area contributed by atoms with E-state index in [1.807, 2.05) is 24.3 Å². The van der Waals surface area contributed by atoms with Crippen molar-refractivity contribution in [2.75, 3.05) is 0 Å².